The smallest absolute Gasteiger partial charge is 0.296 e. The number of hydrogen-bond acceptors (Lipinski definition) is 8. The van der Waals surface area contributed by atoms with E-state index >= 15 is 0 Å². The number of nitrogens with zero attached hydrogens (tertiary/aromatic N) is 2. The van der Waals surface area contributed by atoms with Gasteiger partial charge in [0.2, 0.25) is 0 Å². The highest BCUT2D eigenvalue weighted by molar-refractivity contribution is 6.33. The lowest BCUT2D eigenvalue weighted by Gasteiger charge is -2.15. The summed E-state index contributed by atoms with van der Waals surface area (Å²) in [5.41, 5.74) is 1.32. The molecule has 31 heavy (non-hydrogen) atoms. The lowest BCUT2D eigenvalue weighted by atomic mass is 10.1. The molecule has 2 aliphatic rings. The first-order valence-electron chi connectivity index (χ1n) is 9.73. The van der Waals surface area contributed by atoms with E-state index in [9.17, 15) is 9.50 Å². The fourth-order valence-electron chi connectivity index (χ4n) is 3.84. The number of aromatic nitrogens is 3. The second-order valence-corrected chi connectivity index (χ2v) is 7.73. The van der Waals surface area contributed by atoms with Crippen molar-refractivity contribution in [3.05, 3.63) is 40.7 Å². The first-order valence-corrected chi connectivity index (χ1v) is 10.1. The van der Waals surface area contributed by atoms with E-state index < -0.39 is 24.1 Å². The minimum absolute atomic E-state index is 0.129. The number of anilines is 1. The number of fused-ring (bicyclic) bond motifs is 2. The van der Waals surface area contributed by atoms with Crippen molar-refractivity contribution in [2.45, 2.75) is 31.0 Å². The van der Waals surface area contributed by atoms with E-state index in [-0.39, 0.29) is 31.9 Å². The van der Waals surface area contributed by atoms with Crippen molar-refractivity contribution in [3.8, 4) is 11.8 Å². The van der Waals surface area contributed by atoms with Crippen LogP contribution >= 0.6 is 11.6 Å². The fourth-order valence-corrected chi connectivity index (χ4v) is 4.06. The van der Waals surface area contributed by atoms with Gasteiger partial charge in [0, 0.05) is 12.1 Å². The zero-order valence-corrected chi connectivity index (χ0v) is 17.2. The number of hydrogen-bond donors (Lipinski definition) is 3. The number of imidazole rings is 1. The second-order valence-electron chi connectivity index (χ2n) is 7.33. The average molecular weight is 451 g/mol. The molecule has 0 aliphatic carbocycles. The molecule has 0 saturated carbocycles. The molecule has 4 heterocycles. The number of H-pyrrole nitrogens is 1. The molecule has 11 heteroatoms. The predicted octanol–water partition coefficient (Wildman–Crippen LogP) is 2.28. The maximum Gasteiger partial charge on any atom is 0.296 e. The molecule has 5 rings (SSSR count). The summed E-state index contributed by atoms with van der Waals surface area (Å²) in [6.07, 6.45) is -1.80. The van der Waals surface area contributed by atoms with E-state index in [2.05, 4.69) is 20.3 Å². The number of ether oxygens (including phenoxy) is 4. The summed E-state index contributed by atoms with van der Waals surface area (Å²) in [5, 5.41) is 13.2. The van der Waals surface area contributed by atoms with Crippen LogP contribution < -0.4 is 14.8 Å². The van der Waals surface area contributed by atoms with Crippen molar-refractivity contribution in [2.75, 3.05) is 25.6 Å². The molecule has 3 N–H and O–H groups in total. The molecule has 0 amide bonds. The van der Waals surface area contributed by atoms with Gasteiger partial charge in [0.05, 0.1) is 30.9 Å². The molecular formula is C20H20ClFN4O5. The highest BCUT2D eigenvalue weighted by Crippen LogP contribution is 2.31. The summed E-state index contributed by atoms with van der Waals surface area (Å²) in [5.74, 6) is 0.386. The van der Waals surface area contributed by atoms with Gasteiger partial charge in [0.15, 0.2) is 11.8 Å². The first kappa shape index (κ1) is 20.3. The SMILES string of the molecule is COc1cccc(F)c1CNc1nc2nc(O[C@@H]3CO[C@H]4[C@@H]3OC[C@H]4O)[nH]c2cc1Cl. The van der Waals surface area contributed by atoms with E-state index in [1.165, 1.54) is 13.2 Å². The molecule has 2 fully saturated rings. The van der Waals surface area contributed by atoms with Crippen LogP contribution in [0.5, 0.6) is 11.8 Å². The van der Waals surface area contributed by atoms with Gasteiger partial charge in [-0.1, -0.05) is 17.7 Å². The molecule has 3 aromatic rings. The van der Waals surface area contributed by atoms with E-state index in [1.54, 1.807) is 18.2 Å². The number of rotatable bonds is 6. The van der Waals surface area contributed by atoms with E-state index in [0.717, 1.165) is 0 Å². The molecule has 164 valence electrons. The number of halogens is 2. The Balaban J connectivity index is 1.33. The number of aliphatic hydroxyl groups is 1. The Kier molecular flexibility index (Phi) is 5.30. The molecule has 4 atom stereocenters. The summed E-state index contributed by atoms with van der Waals surface area (Å²) in [7, 11) is 1.48. The van der Waals surface area contributed by atoms with Crippen LogP contribution in [0, 0.1) is 5.82 Å². The van der Waals surface area contributed by atoms with Crippen LogP contribution in [0.4, 0.5) is 10.2 Å². The third-order valence-corrected chi connectivity index (χ3v) is 5.67. The molecule has 2 aromatic heterocycles. The van der Waals surface area contributed by atoms with E-state index in [0.29, 0.717) is 33.3 Å². The molecule has 2 saturated heterocycles. The van der Waals surface area contributed by atoms with Crippen molar-refractivity contribution >= 4 is 28.6 Å². The largest absolute Gasteiger partial charge is 0.496 e. The monoisotopic (exact) mass is 450 g/mol. The fraction of sp³-hybridized carbons (Fsp3) is 0.400. The van der Waals surface area contributed by atoms with Gasteiger partial charge in [-0.3, -0.25) is 0 Å². The van der Waals surface area contributed by atoms with Crippen LogP contribution in [-0.2, 0) is 16.0 Å². The van der Waals surface area contributed by atoms with Crippen molar-refractivity contribution < 1.29 is 28.4 Å². The highest BCUT2D eigenvalue weighted by atomic mass is 35.5. The molecular weight excluding hydrogens is 431 g/mol. The molecule has 0 spiro atoms. The van der Waals surface area contributed by atoms with Gasteiger partial charge < -0.3 is 34.4 Å². The van der Waals surface area contributed by atoms with Crippen LogP contribution in [0.25, 0.3) is 11.2 Å². The molecule has 0 bridgehead atoms. The number of aliphatic hydroxyl groups excluding tert-OH is 1. The van der Waals surface area contributed by atoms with E-state index in [1.807, 2.05) is 0 Å². The molecule has 0 radical (unpaired) electrons. The third-order valence-electron chi connectivity index (χ3n) is 5.38. The molecule has 2 aliphatic heterocycles. The summed E-state index contributed by atoms with van der Waals surface area (Å²) < 4.78 is 36.4. The van der Waals surface area contributed by atoms with Gasteiger partial charge in [0.25, 0.3) is 6.01 Å². The number of nitrogens with one attached hydrogen (secondary N) is 2. The van der Waals surface area contributed by atoms with Gasteiger partial charge in [-0.2, -0.15) is 4.98 Å². The molecule has 9 nitrogen and oxygen atoms in total. The Labute approximate surface area is 181 Å². The zero-order chi connectivity index (χ0) is 21.5. The number of aromatic amines is 1. The van der Waals surface area contributed by atoms with Crippen molar-refractivity contribution in [1.29, 1.82) is 0 Å². The molecule has 0 unspecified atom stereocenters. The standard InChI is InChI=1S/C20H20ClFN4O5/c1-28-14-4-2-3-11(22)9(14)6-23-18-10(21)5-12-19(25-18)26-20(24-12)31-15-8-30-16-13(27)7-29-17(15)16/h2-5,13,15-17,27H,6-8H2,1H3,(H2,23,24,25,26)/t13-,15-,16-,17-/m1/s1. The Hall–Kier alpha value is -2.66. The molecule has 1 aromatic carbocycles. The third kappa shape index (κ3) is 3.76. The van der Waals surface area contributed by atoms with Gasteiger partial charge in [0.1, 0.15) is 35.7 Å². The van der Waals surface area contributed by atoms with Gasteiger partial charge in [-0.15, -0.1) is 0 Å². The van der Waals surface area contributed by atoms with Crippen LogP contribution in [0.1, 0.15) is 5.56 Å². The second kappa shape index (κ2) is 8.12. The highest BCUT2D eigenvalue weighted by Gasteiger charge is 2.48. The Morgan fingerprint density at radius 3 is 2.97 bits per heavy atom. The lowest BCUT2D eigenvalue weighted by molar-refractivity contribution is 0.00706. The summed E-state index contributed by atoms with van der Waals surface area (Å²) >= 11 is 6.35. The number of benzene rings is 1. The Bertz CT molecular complexity index is 1110. The summed E-state index contributed by atoms with van der Waals surface area (Å²) in [4.78, 5) is 11.8. The Morgan fingerprint density at radius 2 is 2.13 bits per heavy atom. The average Bonchev–Trinajstić information content (AvgIpc) is 3.44. The quantitative estimate of drug-likeness (QED) is 0.524. The van der Waals surface area contributed by atoms with Crippen LogP contribution in [0.3, 0.4) is 0 Å². The van der Waals surface area contributed by atoms with Gasteiger partial charge in [-0.25, -0.2) is 9.37 Å². The Morgan fingerprint density at radius 1 is 1.29 bits per heavy atom. The number of pyridine rings is 1. The van der Waals surface area contributed by atoms with Gasteiger partial charge >= 0.3 is 0 Å². The minimum atomic E-state index is -0.656. The van der Waals surface area contributed by atoms with Crippen molar-refractivity contribution in [2.24, 2.45) is 0 Å². The van der Waals surface area contributed by atoms with Crippen molar-refractivity contribution in [1.82, 2.24) is 15.0 Å². The van der Waals surface area contributed by atoms with Gasteiger partial charge in [-0.05, 0) is 18.2 Å². The normalized spacial score (nSPS) is 25.0. The maximum absolute atomic E-state index is 14.2. The van der Waals surface area contributed by atoms with Crippen LogP contribution in [0.2, 0.25) is 5.02 Å². The van der Waals surface area contributed by atoms with E-state index in [4.69, 9.17) is 30.5 Å². The first-order chi connectivity index (χ1) is 15.0. The van der Waals surface area contributed by atoms with Crippen molar-refractivity contribution in [3.63, 3.8) is 0 Å². The zero-order valence-electron chi connectivity index (χ0n) is 16.5. The number of methoxy groups -OCH3 is 1. The lowest BCUT2D eigenvalue weighted by Crippen LogP contribution is -2.34. The minimum Gasteiger partial charge on any atom is -0.496 e. The topological polar surface area (TPSA) is 111 Å². The van der Waals surface area contributed by atoms with Crippen LogP contribution in [0.15, 0.2) is 24.3 Å². The van der Waals surface area contributed by atoms with Crippen LogP contribution in [-0.4, -0.2) is 64.8 Å². The predicted molar refractivity (Wildman–Crippen MR) is 109 cm³/mol. The maximum atomic E-state index is 14.2. The summed E-state index contributed by atoms with van der Waals surface area (Å²) in [6.45, 7) is 0.632. The summed E-state index contributed by atoms with van der Waals surface area (Å²) in [6, 6.07) is 6.52.